The number of rotatable bonds is 4. The maximum atomic E-state index is 5.73. The van der Waals surface area contributed by atoms with E-state index in [2.05, 4.69) is 5.32 Å². The Labute approximate surface area is 115 Å². The summed E-state index contributed by atoms with van der Waals surface area (Å²) in [7, 11) is 0. The van der Waals surface area contributed by atoms with E-state index in [0.717, 1.165) is 32.1 Å². The maximum Gasteiger partial charge on any atom is 0.142 e. The lowest BCUT2D eigenvalue weighted by Crippen LogP contribution is -2.30. The highest BCUT2D eigenvalue weighted by Gasteiger charge is 2.00. The van der Waals surface area contributed by atoms with E-state index >= 15 is 0 Å². The minimum absolute atomic E-state index is 0.618. The highest BCUT2D eigenvalue weighted by atomic mass is 16.5. The number of nitrogens with two attached hydrogens (primary N) is 1. The summed E-state index contributed by atoms with van der Waals surface area (Å²) in [6.07, 6.45) is 0. The lowest BCUT2D eigenvalue weighted by Gasteiger charge is -2.10. The summed E-state index contributed by atoms with van der Waals surface area (Å²) in [6.45, 7) is 8.97. The van der Waals surface area contributed by atoms with Gasteiger partial charge in [-0.15, -0.1) is 0 Å². The molecule has 3 N–H and O–H groups in total. The molecule has 0 spiro atoms. The van der Waals surface area contributed by atoms with Crippen LogP contribution >= 0.6 is 0 Å². The first-order chi connectivity index (χ1) is 9.27. The highest BCUT2D eigenvalue weighted by molar-refractivity contribution is 5.56. The van der Waals surface area contributed by atoms with Crippen molar-refractivity contribution >= 4 is 5.69 Å². The second-order valence-electron chi connectivity index (χ2n) is 3.93. The Morgan fingerprint density at radius 3 is 2.26 bits per heavy atom. The molecule has 1 aromatic carbocycles. The molecule has 1 aliphatic heterocycles. The second kappa shape index (κ2) is 9.47. The molecule has 1 fully saturated rings. The molecule has 0 unspecified atom stereocenters. The molecule has 1 saturated heterocycles. The first-order valence-electron chi connectivity index (χ1n) is 6.71. The third-order valence-corrected chi connectivity index (χ3v) is 2.44. The van der Waals surface area contributed by atoms with Gasteiger partial charge in [-0.2, -0.15) is 0 Å². The number of nitrogens with one attached hydrogen (secondary N) is 1. The van der Waals surface area contributed by atoms with Crippen molar-refractivity contribution in [2.24, 2.45) is 0 Å². The summed E-state index contributed by atoms with van der Waals surface area (Å²) in [5.41, 5.74) is 6.35. The van der Waals surface area contributed by atoms with Gasteiger partial charge in [0.15, 0.2) is 0 Å². The van der Waals surface area contributed by atoms with Gasteiger partial charge >= 0.3 is 0 Å². The van der Waals surface area contributed by atoms with Crippen LogP contribution < -0.4 is 20.5 Å². The summed E-state index contributed by atoms with van der Waals surface area (Å²) in [5, 5.41) is 3.16. The first-order valence-corrected chi connectivity index (χ1v) is 6.71. The van der Waals surface area contributed by atoms with Crippen LogP contribution in [0.25, 0.3) is 0 Å². The SMILES string of the molecule is C1COCCN1.CCOc1ccc(OCC)c(N)c1. The maximum absolute atomic E-state index is 5.73. The first kappa shape index (κ1) is 15.6. The van der Waals surface area contributed by atoms with Gasteiger partial charge in [-0.1, -0.05) is 0 Å². The highest BCUT2D eigenvalue weighted by Crippen LogP contribution is 2.26. The topological polar surface area (TPSA) is 65.7 Å². The van der Waals surface area contributed by atoms with Gasteiger partial charge in [0.05, 0.1) is 32.1 Å². The Kier molecular flexibility index (Phi) is 7.77. The van der Waals surface area contributed by atoms with Crippen LogP contribution in [0.3, 0.4) is 0 Å². The molecule has 0 saturated carbocycles. The fourth-order valence-corrected chi connectivity index (χ4v) is 1.59. The van der Waals surface area contributed by atoms with E-state index in [1.165, 1.54) is 0 Å². The van der Waals surface area contributed by atoms with Crippen LogP contribution in [0.5, 0.6) is 11.5 Å². The summed E-state index contributed by atoms with van der Waals surface area (Å²) in [4.78, 5) is 0. The Morgan fingerprint density at radius 1 is 1.16 bits per heavy atom. The van der Waals surface area contributed by atoms with Crippen LogP contribution in [0, 0.1) is 0 Å². The van der Waals surface area contributed by atoms with Gasteiger partial charge < -0.3 is 25.3 Å². The molecular weight excluding hydrogens is 244 g/mol. The number of anilines is 1. The smallest absolute Gasteiger partial charge is 0.142 e. The lowest BCUT2D eigenvalue weighted by atomic mass is 10.3. The molecule has 0 aliphatic carbocycles. The molecule has 108 valence electrons. The van der Waals surface area contributed by atoms with Crippen molar-refractivity contribution < 1.29 is 14.2 Å². The molecule has 19 heavy (non-hydrogen) atoms. The lowest BCUT2D eigenvalue weighted by molar-refractivity contribution is 0.109. The average molecular weight is 268 g/mol. The molecule has 5 nitrogen and oxygen atoms in total. The van der Waals surface area contributed by atoms with Crippen molar-refractivity contribution in [3.05, 3.63) is 18.2 Å². The molecule has 2 rings (SSSR count). The largest absolute Gasteiger partial charge is 0.494 e. The molecule has 0 aromatic heterocycles. The summed E-state index contributed by atoms with van der Waals surface area (Å²) < 4.78 is 15.6. The minimum Gasteiger partial charge on any atom is -0.494 e. The third kappa shape index (κ3) is 6.31. The number of ether oxygens (including phenoxy) is 3. The van der Waals surface area contributed by atoms with E-state index in [9.17, 15) is 0 Å². The van der Waals surface area contributed by atoms with E-state index in [1.54, 1.807) is 6.07 Å². The predicted molar refractivity (Wildman–Crippen MR) is 76.9 cm³/mol. The number of benzene rings is 1. The quantitative estimate of drug-likeness (QED) is 0.813. The number of hydrogen-bond donors (Lipinski definition) is 2. The monoisotopic (exact) mass is 268 g/mol. The summed E-state index contributed by atoms with van der Waals surface area (Å²) in [5.74, 6) is 1.49. The van der Waals surface area contributed by atoms with E-state index in [4.69, 9.17) is 19.9 Å². The Morgan fingerprint density at radius 2 is 1.84 bits per heavy atom. The minimum atomic E-state index is 0.618. The summed E-state index contributed by atoms with van der Waals surface area (Å²) >= 11 is 0. The molecule has 1 aliphatic rings. The van der Waals surface area contributed by atoms with Crippen LogP contribution in [0.4, 0.5) is 5.69 Å². The Hall–Kier alpha value is -1.46. The van der Waals surface area contributed by atoms with Gasteiger partial charge in [0.25, 0.3) is 0 Å². The van der Waals surface area contributed by atoms with Crippen LogP contribution in [0.1, 0.15) is 13.8 Å². The molecule has 5 heteroatoms. The zero-order valence-electron chi connectivity index (χ0n) is 11.8. The normalized spacial score (nSPS) is 14.2. The second-order valence-corrected chi connectivity index (χ2v) is 3.93. The fraction of sp³-hybridized carbons (Fsp3) is 0.571. The van der Waals surface area contributed by atoms with Crippen molar-refractivity contribution in [1.29, 1.82) is 0 Å². The summed E-state index contributed by atoms with van der Waals surface area (Å²) in [6, 6.07) is 5.45. The average Bonchev–Trinajstić information content (AvgIpc) is 2.45. The number of hydrogen-bond acceptors (Lipinski definition) is 5. The molecule has 0 radical (unpaired) electrons. The zero-order valence-corrected chi connectivity index (χ0v) is 11.8. The van der Waals surface area contributed by atoms with Crippen LogP contribution in [0.2, 0.25) is 0 Å². The van der Waals surface area contributed by atoms with Gasteiger partial charge in [0, 0.05) is 19.2 Å². The van der Waals surface area contributed by atoms with Crippen LogP contribution in [0.15, 0.2) is 18.2 Å². The molecular formula is C14H24N2O3. The van der Waals surface area contributed by atoms with Crippen molar-refractivity contribution in [1.82, 2.24) is 5.32 Å². The van der Waals surface area contributed by atoms with Crippen molar-refractivity contribution in [2.75, 3.05) is 45.3 Å². The van der Waals surface area contributed by atoms with Gasteiger partial charge in [-0.25, -0.2) is 0 Å². The predicted octanol–water partition coefficient (Wildman–Crippen LogP) is 1.67. The van der Waals surface area contributed by atoms with Crippen LogP contribution in [-0.4, -0.2) is 39.5 Å². The van der Waals surface area contributed by atoms with E-state index < -0.39 is 0 Å². The fourth-order valence-electron chi connectivity index (χ4n) is 1.59. The molecule has 1 heterocycles. The zero-order chi connectivity index (χ0) is 13.9. The van der Waals surface area contributed by atoms with Crippen molar-refractivity contribution in [3.8, 4) is 11.5 Å². The Bertz CT molecular complexity index is 343. The van der Waals surface area contributed by atoms with E-state index in [0.29, 0.717) is 24.7 Å². The molecule has 1 aromatic rings. The van der Waals surface area contributed by atoms with Crippen LogP contribution in [-0.2, 0) is 4.74 Å². The Balaban J connectivity index is 0.000000250. The molecule has 0 amide bonds. The molecule has 0 atom stereocenters. The standard InChI is InChI=1S/C10H15NO2.C4H9NO/c1-3-12-8-5-6-10(13-4-2)9(11)7-8;1-3-6-4-2-5-1/h5-7H,3-4,11H2,1-2H3;5H,1-4H2. The molecule has 0 bridgehead atoms. The van der Waals surface area contributed by atoms with E-state index in [1.807, 2.05) is 26.0 Å². The number of morpholine rings is 1. The van der Waals surface area contributed by atoms with Crippen molar-refractivity contribution in [3.63, 3.8) is 0 Å². The van der Waals surface area contributed by atoms with Gasteiger partial charge in [0.1, 0.15) is 11.5 Å². The van der Waals surface area contributed by atoms with E-state index in [-0.39, 0.29) is 0 Å². The van der Waals surface area contributed by atoms with Gasteiger partial charge in [-0.05, 0) is 26.0 Å². The van der Waals surface area contributed by atoms with Gasteiger partial charge in [0.2, 0.25) is 0 Å². The van der Waals surface area contributed by atoms with Crippen molar-refractivity contribution in [2.45, 2.75) is 13.8 Å². The van der Waals surface area contributed by atoms with Gasteiger partial charge in [-0.3, -0.25) is 0 Å². The third-order valence-electron chi connectivity index (χ3n) is 2.44. The number of nitrogen functional groups attached to an aromatic ring is 1.